The van der Waals surface area contributed by atoms with Gasteiger partial charge in [-0.2, -0.15) is 0 Å². The van der Waals surface area contributed by atoms with Crippen LogP contribution >= 0.6 is 0 Å². The molecule has 2 aliphatic rings. The average molecular weight is 240 g/mol. The SMILES string of the molecule is CC1=C(c2ccncn2)C=C2CCCCC2C1=O. The molecule has 0 aromatic carbocycles. The zero-order chi connectivity index (χ0) is 12.5. The Kier molecular flexibility index (Phi) is 2.82. The number of carbonyl (C=O) groups is 1. The van der Waals surface area contributed by atoms with Crippen molar-refractivity contribution in [1.82, 2.24) is 9.97 Å². The van der Waals surface area contributed by atoms with Gasteiger partial charge >= 0.3 is 0 Å². The van der Waals surface area contributed by atoms with E-state index < -0.39 is 0 Å². The maximum Gasteiger partial charge on any atom is 0.166 e. The number of Topliss-reactive ketones (excluding diaryl/α,β-unsaturated/α-hetero) is 1. The van der Waals surface area contributed by atoms with Crippen LogP contribution in [0.1, 0.15) is 38.3 Å². The summed E-state index contributed by atoms with van der Waals surface area (Å²) in [6, 6.07) is 1.87. The van der Waals surface area contributed by atoms with Crippen LogP contribution in [0.2, 0.25) is 0 Å². The fourth-order valence-electron chi connectivity index (χ4n) is 2.91. The number of allylic oxidation sites excluding steroid dienone is 4. The van der Waals surface area contributed by atoms with Gasteiger partial charge in [0.25, 0.3) is 0 Å². The highest BCUT2D eigenvalue weighted by Gasteiger charge is 2.31. The lowest BCUT2D eigenvalue weighted by molar-refractivity contribution is -0.118. The second-order valence-electron chi connectivity index (χ2n) is 5.02. The first kappa shape index (κ1) is 11.3. The summed E-state index contributed by atoms with van der Waals surface area (Å²) >= 11 is 0. The Morgan fingerprint density at radius 3 is 3.00 bits per heavy atom. The molecule has 2 aliphatic carbocycles. The predicted octanol–water partition coefficient (Wildman–Crippen LogP) is 2.95. The van der Waals surface area contributed by atoms with Crippen LogP contribution in [0.25, 0.3) is 5.57 Å². The van der Waals surface area contributed by atoms with Crippen LogP contribution in [0.5, 0.6) is 0 Å². The van der Waals surface area contributed by atoms with Gasteiger partial charge in [0, 0.05) is 23.3 Å². The van der Waals surface area contributed by atoms with E-state index in [0.717, 1.165) is 29.7 Å². The molecule has 1 heterocycles. The molecule has 3 nitrogen and oxygen atoms in total. The number of ketones is 1. The Morgan fingerprint density at radius 1 is 1.33 bits per heavy atom. The highest BCUT2D eigenvalue weighted by Crippen LogP contribution is 2.38. The molecule has 3 rings (SSSR count). The molecule has 0 N–H and O–H groups in total. The van der Waals surface area contributed by atoms with Gasteiger partial charge in [0.15, 0.2) is 5.78 Å². The molecule has 92 valence electrons. The van der Waals surface area contributed by atoms with E-state index >= 15 is 0 Å². The monoisotopic (exact) mass is 240 g/mol. The lowest BCUT2D eigenvalue weighted by Gasteiger charge is -2.29. The minimum absolute atomic E-state index is 0.143. The Balaban J connectivity index is 2.07. The zero-order valence-electron chi connectivity index (χ0n) is 10.5. The molecule has 0 bridgehead atoms. The first-order valence-corrected chi connectivity index (χ1v) is 6.49. The van der Waals surface area contributed by atoms with Crippen molar-refractivity contribution in [3.05, 3.63) is 41.5 Å². The number of rotatable bonds is 1. The Labute approximate surface area is 107 Å². The first-order valence-electron chi connectivity index (χ1n) is 6.49. The number of nitrogens with zero attached hydrogens (tertiary/aromatic N) is 2. The number of hydrogen-bond donors (Lipinski definition) is 0. The molecule has 0 saturated heterocycles. The van der Waals surface area contributed by atoms with Crippen molar-refractivity contribution in [3.63, 3.8) is 0 Å². The van der Waals surface area contributed by atoms with Crippen molar-refractivity contribution in [2.24, 2.45) is 5.92 Å². The first-order chi connectivity index (χ1) is 8.77. The predicted molar refractivity (Wildman–Crippen MR) is 69.7 cm³/mol. The third-order valence-corrected chi connectivity index (χ3v) is 3.93. The second-order valence-corrected chi connectivity index (χ2v) is 5.02. The molecule has 18 heavy (non-hydrogen) atoms. The molecule has 0 amide bonds. The summed E-state index contributed by atoms with van der Waals surface area (Å²) in [6.45, 7) is 1.92. The normalized spacial score (nSPS) is 23.7. The third kappa shape index (κ3) is 1.80. The molecule has 1 aromatic heterocycles. The lowest BCUT2D eigenvalue weighted by Crippen LogP contribution is -2.25. The summed E-state index contributed by atoms with van der Waals surface area (Å²) in [5.41, 5.74) is 3.98. The van der Waals surface area contributed by atoms with Crippen molar-refractivity contribution in [1.29, 1.82) is 0 Å². The van der Waals surface area contributed by atoms with Crippen molar-refractivity contribution in [2.45, 2.75) is 32.6 Å². The van der Waals surface area contributed by atoms with Gasteiger partial charge in [0.1, 0.15) is 6.33 Å². The van der Waals surface area contributed by atoms with Crippen LogP contribution in [-0.2, 0) is 4.79 Å². The molecule has 1 atom stereocenters. The zero-order valence-corrected chi connectivity index (χ0v) is 10.5. The minimum atomic E-state index is 0.143. The van der Waals surface area contributed by atoms with E-state index in [2.05, 4.69) is 16.0 Å². The van der Waals surface area contributed by atoms with Gasteiger partial charge in [-0.3, -0.25) is 4.79 Å². The largest absolute Gasteiger partial charge is 0.294 e. The Hall–Kier alpha value is -1.77. The fraction of sp³-hybridized carbons (Fsp3) is 0.400. The Morgan fingerprint density at radius 2 is 2.22 bits per heavy atom. The summed E-state index contributed by atoms with van der Waals surface area (Å²) in [5, 5.41) is 0. The summed E-state index contributed by atoms with van der Waals surface area (Å²) < 4.78 is 0. The van der Waals surface area contributed by atoms with E-state index in [1.807, 2.05) is 13.0 Å². The van der Waals surface area contributed by atoms with Gasteiger partial charge in [0.05, 0.1) is 5.69 Å². The molecule has 1 saturated carbocycles. The topological polar surface area (TPSA) is 42.9 Å². The van der Waals surface area contributed by atoms with Gasteiger partial charge in [-0.05, 0) is 32.3 Å². The molecular weight excluding hydrogens is 224 g/mol. The quantitative estimate of drug-likeness (QED) is 0.758. The molecule has 1 fully saturated rings. The van der Waals surface area contributed by atoms with E-state index in [-0.39, 0.29) is 5.92 Å². The van der Waals surface area contributed by atoms with Crippen molar-refractivity contribution < 1.29 is 4.79 Å². The van der Waals surface area contributed by atoms with Crippen LogP contribution in [0.15, 0.2) is 35.8 Å². The summed E-state index contributed by atoms with van der Waals surface area (Å²) in [6.07, 6.45) is 9.87. The highest BCUT2D eigenvalue weighted by atomic mass is 16.1. The van der Waals surface area contributed by atoms with Gasteiger partial charge < -0.3 is 0 Å². The maximum atomic E-state index is 12.4. The summed E-state index contributed by atoms with van der Waals surface area (Å²) in [4.78, 5) is 20.6. The van der Waals surface area contributed by atoms with Crippen LogP contribution in [0.3, 0.4) is 0 Å². The minimum Gasteiger partial charge on any atom is -0.294 e. The molecule has 1 unspecified atom stereocenters. The molecule has 0 spiro atoms. The molecule has 1 aromatic rings. The van der Waals surface area contributed by atoms with Crippen LogP contribution in [0.4, 0.5) is 0 Å². The number of hydrogen-bond acceptors (Lipinski definition) is 3. The van der Waals surface area contributed by atoms with E-state index in [0.29, 0.717) is 5.78 Å². The lowest BCUT2D eigenvalue weighted by atomic mass is 9.74. The highest BCUT2D eigenvalue weighted by molar-refractivity contribution is 6.08. The van der Waals surface area contributed by atoms with E-state index in [9.17, 15) is 4.79 Å². The van der Waals surface area contributed by atoms with Gasteiger partial charge in [-0.1, -0.05) is 18.1 Å². The maximum absolute atomic E-state index is 12.4. The van der Waals surface area contributed by atoms with Gasteiger partial charge in [-0.25, -0.2) is 9.97 Å². The molecule has 0 radical (unpaired) electrons. The van der Waals surface area contributed by atoms with Crippen LogP contribution < -0.4 is 0 Å². The van der Waals surface area contributed by atoms with Crippen molar-refractivity contribution >= 4 is 11.4 Å². The second kappa shape index (κ2) is 4.48. The van der Waals surface area contributed by atoms with E-state index in [1.54, 1.807) is 6.20 Å². The summed E-state index contributed by atoms with van der Waals surface area (Å²) in [7, 11) is 0. The van der Waals surface area contributed by atoms with Crippen LogP contribution in [0, 0.1) is 5.92 Å². The smallest absolute Gasteiger partial charge is 0.166 e. The van der Waals surface area contributed by atoms with Crippen LogP contribution in [-0.4, -0.2) is 15.8 Å². The average Bonchev–Trinajstić information content (AvgIpc) is 2.44. The van der Waals surface area contributed by atoms with Gasteiger partial charge in [0.2, 0.25) is 0 Å². The van der Waals surface area contributed by atoms with E-state index in [4.69, 9.17) is 0 Å². The fourth-order valence-corrected chi connectivity index (χ4v) is 2.91. The molecule has 3 heteroatoms. The summed E-state index contributed by atoms with van der Waals surface area (Å²) in [5.74, 6) is 0.435. The molecular formula is C15H16N2O. The standard InChI is InChI=1S/C15H16N2O/c1-10-13(14-6-7-16-9-17-14)8-11-4-2-3-5-12(11)15(10)18/h6-9,12H,2-5H2,1H3. The Bertz CT molecular complexity index is 543. The molecule has 0 aliphatic heterocycles. The van der Waals surface area contributed by atoms with Gasteiger partial charge in [-0.15, -0.1) is 0 Å². The number of aromatic nitrogens is 2. The van der Waals surface area contributed by atoms with E-state index in [1.165, 1.54) is 24.7 Å². The van der Waals surface area contributed by atoms with Crippen molar-refractivity contribution in [2.75, 3.05) is 0 Å². The number of carbonyl (C=O) groups excluding carboxylic acids is 1. The number of fused-ring (bicyclic) bond motifs is 1. The third-order valence-electron chi connectivity index (χ3n) is 3.93. The van der Waals surface area contributed by atoms with Crippen molar-refractivity contribution in [3.8, 4) is 0 Å².